The normalized spacial score (nSPS) is 10.3. The molecule has 0 unspecified atom stereocenters. The van der Waals surface area contributed by atoms with E-state index in [0.29, 0.717) is 13.0 Å². The van der Waals surface area contributed by atoms with E-state index < -0.39 is 11.7 Å². The lowest BCUT2D eigenvalue weighted by Crippen LogP contribution is -2.25. The number of aromatic hydroxyl groups is 1. The molecule has 0 radical (unpaired) electrons. The maximum absolute atomic E-state index is 13.0. The number of carbonyl (C=O) groups excluding carboxylic acids is 1. The first kappa shape index (κ1) is 12.5. The molecule has 0 aliphatic rings. The predicted molar refractivity (Wildman–Crippen MR) is 66.2 cm³/mol. The molecule has 1 aromatic carbocycles. The molecule has 1 aromatic heterocycles. The van der Waals surface area contributed by atoms with E-state index in [1.807, 2.05) is 5.38 Å². The summed E-state index contributed by atoms with van der Waals surface area (Å²) < 4.78 is 13.0. The molecule has 18 heavy (non-hydrogen) atoms. The third kappa shape index (κ3) is 3.04. The van der Waals surface area contributed by atoms with Crippen molar-refractivity contribution >= 4 is 17.2 Å². The van der Waals surface area contributed by atoms with Crippen molar-refractivity contribution < 1.29 is 14.3 Å². The van der Waals surface area contributed by atoms with Gasteiger partial charge in [-0.1, -0.05) is 0 Å². The van der Waals surface area contributed by atoms with Crippen molar-refractivity contribution in [3.05, 3.63) is 46.2 Å². The topological polar surface area (TPSA) is 62.2 Å². The van der Waals surface area contributed by atoms with Crippen molar-refractivity contribution in [3.8, 4) is 5.75 Å². The SMILES string of the molecule is O=C(NCCc1cscn1)c1cc(F)ccc1O. The highest BCUT2D eigenvalue weighted by Crippen LogP contribution is 2.17. The minimum absolute atomic E-state index is 0.0618. The molecule has 0 saturated carbocycles. The number of aromatic nitrogens is 1. The van der Waals surface area contributed by atoms with Gasteiger partial charge in [-0.2, -0.15) is 0 Å². The number of hydrogen-bond acceptors (Lipinski definition) is 4. The molecular weight excluding hydrogens is 255 g/mol. The number of nitrogens with zero attached hydrogens (tertiary/aromatic N) is 1. The Morgan fingerprint density at radius 3 is 3.06 bits per heavy atom. The first-order chi connectivity index (χ1) is 8.66. The van der Waals surface area contributed by atoms with Gasteiger partial charge in [-0.3, -0.25) is 4.79 Å². The fourth-order valence-corrected chi connectivity index (χ4v) is 2.04. The van der Waals surface area contributed by atoms with E-state index in [4.69, 9.17) is 0 Å². The standard InChI is InChI=1S/C12H11FN2O2S/c13-8-1-2-11(16)10(5-8)12(17)14-4-3-9-6-18-7-15-9/h1-2,5-7,16H,3-4H2,(H,14,17). The Balaban J connectivity index is 1.93. The largest absolute Gasteiger partial charge is 0.507 e. The summed E-state index contributed by atoms with van der Waals surface area (Å²) in [5, 5.41) is 13.9. The second kappa shape index (κ2) is 5.59. The van der Waals surface area contributed by atoms with Gasteiger partial charge in [-0.05, 0) is 18.2 Å². The third-order valence-corrected chi connectivity index (χ3v) is 2.99. The molecule has 4 nitrogen and oxygen atoms in total. The monoisotopic (exact) mass is 266 g/mol. The van der Waals surface area contributed by atoms with Gasteiger partial charge in [-0.25, -0.2) is 9.37 Å². The fourth-order valence-electron chi connectivity index (χ4n) is 1.45. The smallest absolute Gasteiger partial charge is 0.255 e. The summed E-state index contributed by atoms with van der Waals surface area (Å²) in [6, 6.07) is 3.26. The van der Waals surface area contributed by atoms with Gasteiger partial charge in [0.1, 0.15) is 11.6 Å². The van der Waals surface area contributed by atoms with Gasteiger partial charge in [0.2, 0.25) is 0 Å². The summed E-state index contributed by atoms with van der Waals surface area (Å²) in [4.78, 5) is 15.8. The van der Waals surface area contributed by atoms with Crippen molar-refractivity contribution in [1.29, 1.82) is 0 Å². The number of phenolic OH excluding ortho intramolecular Hbond substituents is 1. The van der Waals surface area contributed by atoms with Gasteiger partial charge in [-0.15, -0.1) is 11.3 Å². The van der Waals surface area contributed by atoms with Crippen molar-refractivity contribution in [1.82, 2.24) is 10.3 Å². The minimum Gasteiger partial charge on any atom is -0.507 e. The molecule has 1 amide bonds. The molecular formula is C12H11FN2O2S. The highest BCUT2D eigenvalue weighted by molar-refractivity contribution is 7.07. The summed E-state index contributed by atoms with van der Waals surface area (Å²) in [7, 11) is 0. The molecule has 0 aliphatic carbocycles. The Labute approximate surface area is 107 Å². The molecule has 1 heterocycles. The second-order valence-corrected chi connectivity index (χ2v) is 4.37. The molecule has 2 N–H and O–H groups in total. The average Bonchev–Trinajstić information content (AvgIpc) is 2.85. The summed E-state index contributed by atoms with van der Waals surface area (Å²) in [5.41, 5.74) is 2.55. The van der Waals surface area contributed by atoms with Gasteiger partial charge in [0.05, 0.1) is 16.8 Å². The van der Waals surface area contributed by atoms with Crippen molar-refractivity contribution in [3.63, 3.8) is 0 Å². The van der Waals surface area contributed by atoms with Crippen LogP contribution in [0.3, 0.4) is 0 Å². The van der Waals surface area contributed by atoms with Crippen LogP contribution in [0.25, 0.3) is 0 Å². The Morgan fingerprint density at radius 1 is 1.50 bits per heavy atom. The van der Waals surface area contributed by atoms with E-state index in [9.17, 15) is 14.3 Å². The number of amides is 1. The van der Waals surface area contributed by atoms with Crippen LogP contribution in [0.15, 0.2) is 29.1 Å². The van der Waals surface area contributed by atoms with Gasteiger partial charge in [0.15, 0.2) is 0 Å². The molecule has 0 saturated heterocycles. The Kier molecular flexibility index (Phi) is 3.88. The van der Waals surface area contributed by atoms with Crippen LogP contribution in [-0.4, -0.2) is 22.5 Å². The highest BCUT2D eigenvalue weighted by atomic mass is 32.1. The van der Waals surface area contributed by atoms with E-state index in [2.05, 4.69) is 10.3 Å². The van der Waals surface area contributed by atoms with Crippen LogP contribution < -0.4 is 5.32 Å². The Morgan fingerprint density at radius 2 is 2.33 bits per heavy atom. The summed E-state index contributed by atoms with van der Waals surface area (Å²) >= 11 is 1.49. The molecule has 0 fully saturated rings. The molecule has 0 aliphatic heterocycles. The van der Waals surface area contributed by atoms with Gasteiger partial charge in [0.25, 0.3) is 5.91 Å². The van der Waals surface area contributed by atoms with Crippen LogP contribution >= 0.6 is 11.3 Å². The number of carbonyl (C=O) groups is 1. The number of phenols is 1. The average molecular weight is 266 g/mol. The molecule has 2 aromatic rings. The van der Waals surface area contributed by atoms with E-state index >= 15 is 0 Å². The van der Waals surface area contributed by atoms with Crippen LogP contribution in [-0.2, 0) is 6.42 Å². The molecule has 94 valence electrons. The molecule has 6 heteroatoms. The lowest BCUT2D eigenvalue weighted by Gasteiger charge is -2.06. The van der Waals surface area contributed by atoms with Crippen LogP contribution in [0.1, 0.15) is 16.1 Å². The number of benzene rings is 1. The van der Waals surface area contributed by atoms with Gasteiger partial charge in [0, 0.05) is 18.3 Å². The van der Waals surface area contributed by atoms with Crippen LogP contribution in [0.5, 0.6) is 5.75 Å². The first-order valence-electron chi connectivity index (χ1n) is 5.30. The van der Waals surface area contributed by atoms with Crippen molar-refractivity contribution in [2.45, 2.75) is 6.42 Å². The lowest BCUT2D eigenvalue weighted by molar-refractivity contribution is 0.0951. The predicted octanol–water partition coefficient (Wildman–Crippen LogP) is 1.96. The summed E-state index contributed by atoms with van der Waals surface area (Å²) in [6.07, 6.45) is 0.602. The minimum atomic E-state index is -0.558. The zero-order valence-electron chi connectivity index (χ0n) is 9.39. The maximum atomic E-state index is 13.0. The Bertz CT molecular complexity index is 543. The number of hydrogen-bond donors (Lipinski definition) is 2. The second-order valence-electron chi connectivity index (χ2n) is 3.65. The highest BCUT2D eigenvalue weighted by Gasteiger charge is 2.11. The number of nitrogens with one attached hydrogen (secondary N) is 1. The van der Waals surface area contributed by atoms with Crippen LogP contribution in [0.2, 0.25) is 0 Å². The van der Waals surface area contributed by atoms with Gasteiger partial charge < -0.3 is 10.4 Å². The zero-order chi connectivity index (χ0) is 13.0. The van der Waals surface area contributed by atoms with Gasteiger partial charge >= 0.3 is 0 Å². The molecule has 0 bridgehead atoms. The van der Waals surface area contributed by atoms with E-state index in [1.54, 1.807) is 5.51 Å². The summed E-state index contributed by atoms with van der Waals surface area (Å²) in [6.45, 7) is 0.387. The molecule has 0 atom stereocenters. The fraction of sp³-hybridized carbons (Fsp3) is 0.167. The van der Waals surface area contributed by atoms with Crippen molar-refractivity contribution in [2.75, 3.05) is 6.54 Å². The quantitative estimate of drug-likeness (QED) is 0.889. The Hall–Kier alpha value is -1.95. The van der Waals surface area contributed by atoms with E-state index in [0.717, 1.165) is 23.9 Å². The van der Waals surface area contributed by atoms with E-state index in [-0.39, 0.29) is 11.3 Å². The third-order valence-electron chi connectivity index (χ3n) is 2.35. The number of rotatable bonds is 4. The first-order valence-corrected chi connectivity index (χ1v) is 6.25. The van der Waals surface area contributed by atoms with Crippen LogP contribution in [0.4, 0.5) is 4.39 Å². The van der Waals surface area contributed by atoms with E-state index in [1.165, 1.54) is 11.3 Å². The van der Waals surface area contributed by atoms with Crippen LogP contribution in [0, 0.1) is 5.82 Å². The number of thiazole rings is 1. The molecule has 0 spiro atoms. The number of halogens is 1. The summed E-state index contributed by atoms with van der Waals surface area (Å²) in [5.74, 6) is -1.29. The molecule has 2 rings (SSSR count). The lowest BCUT2D eigenvalue weighted by atomic mass is 10.2. The zero-order valence-corrected chi connectivity index (χ0v) is 10.2. The maximum Gasteiger partial charge on any atom is 0.255 e. The van der Waals surface area contributed by atoms with Crippen molar-refractivity contribution in [2.24, 2.45) is 0 Å².